The summed E-state index contributed by atoms with van der Waals surface area (Å²) in [5.41, 5.74) is 10.5. The number of carbonyl (C=O) groups excluding carboxylic acids is 1. The minimum absolute atomic E-state index is 0.0370. The molecule has 1 rings (SSSR count). The molecule has 0 heterocycles. The number of benzene rings is 1. The second kappa shape index (κ2) is 5.21. The molecule has 0 unspecified atom stereocenters. The summed E-state index contributed by atoms with van der Waals surface area (Å²) in [6.45, 7) is -0.478. The first-order valence-electron chi connectivity index (χ1n) is 4.51. The molecule has 0 aliphatic carbocycles. The predicted molar refractivity (Wildman–Crippen MR) is 66.7 cm³/mol. The number of thiocarbonyl (C=S) groups is 1. The van der Waals surface area contributed by atoms with Gasteiger partial charge in [-0.25, -0.2) is 13.1 Å². The van der Waals surface area contributed by atoms with Crippen molar-refractivity contribution in [2.75, 3.05) is 6.54 Å². The van der Waals surface area contributed by atoms with Crippen LogP contribution in [0.25, 0.3) is 0 Å². The van der Waals surface area contributed by atoms with Gasteiger partial charge in [-0.15, -0.1) is 0 Å². The van der Waals surface area contributed by atoms with Crippen LogP contribution in [0.1, 0.15) is 5.56 Å². The van der Waals surface area contributed by atoms with Crippen LogP contribution in [0.2, 0.25) is 0 Å². The quantitative estimate of drug-likeness (QED) is 0.600. The zero-order chi connectivity index (χ0) is 13.1. The Bertz CT molecular complexity index is 554. The van der Waals surface area contributed by atoms with Crippen molar-refractivity contribution in [2.45, 2.75) is 4.90 Å². The van der Waals surface area contributed by atoms with E-state index in [0.29, 0.717) is 0 Å². The number of nitrogens with two attached hydrogens (primary N) is 2. The Balaban J connectivity index is 3.15. The molecule has 0 bridgehead atoms. The number of rotatable bonds is 5. The van der Waals surface area contributed by atoms with E-state index in [-0.39, 0.29) is 15.4 Å². The van der Waals surface area contributed by atoms with Gasteiger partial charge in [-0.2, -0.15) is 0 Å². The summed E-state index contributed by atoms with van der Waals surface area (Å²) in [6, 6.07) is 5.97. The van der Waals surface area contributed by atoms with Crippen LogP contribution in [0, 0.1) is 0 Å². The summed E-state index contributed by atoms with van der Waals surface area (Å²) in [5.74, 6) is -0.776. The molecule has 0 saturated heterocycles. The van der Waals surface area contributed by atoms with E-state index in [4.69, 9.17) is 23.7 Å². The number of hydrogen-bond acceptors (Lipinski definition) is 4. The average molecular weight is 273 g/mol. The molecule has 0 fully saturated rings. The van der Waals surface area contributed by atoms with Gasteiger partial charge in [0.1, 0.15) is 4.99 Å². The van der Waals surface area contributed by atoms with E-state index in [1.807, 2.05) is 0 Å². The van der Waals surface area contributed by atoms with E-state index < -0.39 is 22.5 Å². The molecule has 1 aromatic rings. The lowest BCUT2D eigenvalue weighted by Gasteiger charge is -2.09. The monoisotopic (exact) mass is 273 g/mol. The van der Waals surface area contributed by atoms with Crippen LogP contribution >= 0.6 is 12.2 Å². The zero-order valence-electron chi connectivity index (χ0n) is 8.71. The molecule has 0 aromatic heterocycles. The lowest BCUT2D eigenvalue weighted by Crippen LogP contribution is -2.34. The number of amides is 1. The van der Waals surface area contributed by atoms with E-state index in [0.717, 1.165) is 0 Å². The third-order valence-electron chi connectivity index (χ3n) is 1.88. The van der Waals surface area contributed by atoms with Crippen molar-refractivity contribution in [3.8, 4) is 0 Å². The molecule has 5 N–H and O–H groups in total. The molecule has 8 heteroatoms. The molecular formula is C9H11N3O3S2. The molecule has 0 radical (unpaired) electrons. The van der Waals surface area contributed by atoms with Crippen LogP contribution in [0.3, 0.4) is 0 Å². The van der Waals surface area contributed by atoms with Crippen molar-refractivity contribution < 1.29 is 13.2 Å². The maximum atomic E-state index is 11.8. The van der Waals surface area contributed by atoms with Gasteiger partial charge in [-0.1, -0.05) is 30.4 Å². The van der Waals surface area contributed by atoms with Gasteiger partial charge < -0.3 is 11.5 Å². The van der Waals surface area contributed by atoms with Crippen LogP contribution < -0.4 is 16.2 Å². The van der Waals surface area contributed by atoms with Crippen molar-refractivity contribution in [3.05, 3.63) is 29.8 Å². The first-order valence-corrected chi connectivity index (χ1v) is 6.40. The van der Waals surface area contributed by atoms with E-state index in [2.05, 4.69) is 4.72 Å². The van der Waals surface area contributed by atoms with Crippen LogP contribution in [0.5, 0.6) is 0 Å². The van der Waals surface area contributed by atoms with Gasteiger partial charge in [0, 0.05) is 5.56 Å². The first-order chi connectivity index (χ1) is 7.84. The maximum absolute atomic E-state index is 11.8. The van der Waals surface area contributed by atoms with Gasteiger partial charge >= 0.3 is 0 Å². The third kappa shape index (κ3) is 3.48. The fourth-order valence-electron chi connectivity index (χ4n) is 1.15. The molecule has 17 heavy (non-hydrogen) atoms. The molecule has 1 amide bonds. The highest BCUT2D eigenvalue weighted by molar-refractivity contribution is 7.89. The summed E-state index contributed by atoms with van der Waals surface area (Å²) in [5, 5.41) is 0. The third-order valence-corrected chi connectivity index (χ3v) is 3.56. The SMILES string of the molecule is NC(=O)CNS(=O)(=O)c1ccccc1C(N)=S. The summed E-state index contributed by atoms with van der Waals surface area (Å²) in [7, 11) is -3.85. The molecule has 0 aliphatic heterocycles. The van der Waals surface area contributed by atoms with E-state index >= 15 is 0 Å². The predicted octanol–water partition coefficient (Wildman–Crippen LogP) is -0.916. The van der Waals surface area contributed by atoms with Crippen molar-refractivity contribution in [1.29, 1.82) is 0 Å². The standard InChI is InChI=1S/C9H11N3O3S2/c10-8(13)5-12-17(14,15)7-4-2-1-3-6(7)9(11)16/h1-4,12H,5H2,(H2,10,13)(H2,11,16). The number of hydrogen-bond donors (Lipinski definition) is 3. The number of carbonyl (C=O) groups is 1. The Morgan fingerprint density at radius 3 is 2.41 bits per heavy atom. The molecule has 1 aromatic carbocycles. The fraction of sp³-hybridized carbons (Fsp3) is 0.111. The minimum Gasteiger partial charge on any atom is -0.389 e. The number of sulfonamides is 1. The van der Waals surface area contributed by atoms with Crippen molar-refractivity contribution in [3.63, 3.8) is 0 Å². The summed E-state index contributed by atoms with van der Waals surface area (Å²) >= 11 is 4.75. The normalized spacial score (nSPS) is 11.1. The van der Waals surface area contributed by atoms with Gasteiger partial charge in [-0.05, 0) is 6.07 Å². The van der Waals surface area contributed by atoms with Crippen molar-refractivity contribution >= 4 is 33.1 Å². The Hall–Kier alpha value is -1.51. The highest BCUT2D eigenvalue weighted by Crippen LogP contribution is 2.14. The van der Waals surface area contributed by atoms with Crippen molar-refractivity contribution in [2.24, 2.45) is 11.5 Å². The maximum Gasteiger partial charge on any atom is 0.241 e. The van der Waals surface area contributed by atoms with E-state index in [9.17, 15) is 13.2 Å². The molecule has 92 valence electrons. The second-order valence-electron chi connectivity index (χ2n) is 3.15. The Morgan fingerprint density at radius 1 is 1.29 bits per heavy atom. The van der Waals surface area contributed by atoms with Gasteiger partial charge in [0.25, 0.3) is 0 Å². The Morgan fingerprint density at radius 2 is 1.88 bits per heavy atom. The lowest BCUT2D eigenvalue weighted by atomic mass is 10.2. The molecular weight excluding hydrogens is 262 g/mol. The summed E-state index contributed by atoms with van der Waals surface area (Å²) in [6.07, 6.45) is 0. The van der Waals surface area contributed by atoms with Crippen LogP contribution in [0.15, 0.2) is 29.2 Å². The topological polar surface area (TPSA) is 115 Å². The zero-order valence-corrected chi connectivity index (χ0v) is 10.3. The van der Waals surface area contributed by atoms with Crippen LogP contribution in [0.4, 0.5) is 0 Å². The Kier molecular flexibility index (Phi) is 4.16. The van der Waals surface area contributed by atoms with Gasteiger partial charge in [0.2, 0.25) is 15.9 Å². The first kappa shape index (κ1) is 13.6. The summed E-state index contributed by atoms with van der Waals surface area (Å²) in [4.78, 5) is 10.4. The van der Waals surface area contributed by atoms with Gasteiger partial charge in [0.15, 0.2) is 0 Å². The number of nitrogens with one attached hydrogen (secondary N) is 1. The minimum atomic E-state index is -3.85. The largest absolute Gasteiger partial charge is 0.389 e. The number of primary amides is 1. The Labute approximate surface area is 104 Å². The van der Waals surface area contributed by atoms with Gasteiger partial charge in [-0.3, -0.25) is 4.79 Å². The molecule has 0 atom stereocenters. The van der Waals surface area contributed by atoms with E-state index in [1.54, 1.807) is 6.07 Å². The van der Waals surface area contributed by atoms with Crippen LogP contribution in [-0.2, 0) is 14.8 Å². The molecule has 0 saturated carbocycles. The average Bonchev–Trinajstić information content (AvgIpc) is 2.26. The smallest absolute Gasteiger partial charge is 0.241 e. The molecule has 0 aliphatic rings. The van der Waals surface area contributed by atoms with Gasteiger partial charge in [0.05, 0.1) is 11.4 Å². The highest BCUT2D eigenvalue weighted by Gasteiger charge is 2.19. The van der Waals surface area contributed by atoms with E-state index in [1.165, 1.54) is 18.2 Å². The lowest BCUT2D eigenvalue weighted by molar-refractivity contribution is -0.116. The van der Waals surface area contributed by atoms with Crippen LogP contribution in [-0.4, -0.2) is 25.9 Å². The molecule has 0 spiro atoms. The fourth-order valence-corrected chi connectivity index (χ4v) is 2.60. The summed E-state index contributed by atoms with van der Waals surface area (Å²) < 4.78 is 25.7. The highest BCUT2D eigenvalue weighted by atomic mass is 32.2. The second-order valence-corrected chi connectivity index (χ2v) is 5.33. The van der Waals surface area contributed by atoms with Crippen molar-refractivity contribution in [1.82, 2.24) is 4.72 Å². The molecule has 6 nitrogen and oxygen atoms in total.